The molecule has 1 aliphatic rings. The van der Waals surface area contributed by atoms with Crippen molar-refractivity contribution in [3.8, 4) is 0 Å². The molecule has 2 heterocycles. The number of hydrogen-bond donors (Lipinski definition) is 1. The fourth-order valence-corrected chi connectivity index (χ4v) is 4.18. The number of rotatable bonds is 3. The number of hydrogen-bond acceptors (Lipinski definition) is 3. The molecule has 3 nitrogen and oxygen atoms in total. The molecular formula is C15H19N3S. The maximum Gasteiger partial charge on any atom is 0.0887 e. The van der Waals surface area contributed by atoms with Gasteiger partial charge in [-0.15, -0.1) is 0 Å². The van der Waals surface area contributed by atoms with Gasteiger partial charge in [-0.25, -0.2) is 0 Å². The molecule has 0 amide bonds. The highest BCUT2D eigenvalue weighted by atomic mass is 32.2. The molecule has 2 unspecified atom stereocenters. The highest BCUT2D eigenvalue weighted by Gasteiger charge is 2.27. The van der Waals surface area contributed by atoms with Crippen molar-refractivity contribution in [1.82, 2.24) is 9.78 Å². The zero-order valence-electron chi connectivity index (χ0n) is 10.9. The Morgan fingerprint density at radius 1 is 1.26 bits per heavy atom. The smallest absolute Gasteiger partial charge is 0.0887 e. The second kappa shape index (κ2) is 5.70. The first kappa shape index (κ1) is 12.6. The van der Waals surface area contributed by atoms with Crippen molar-refractivity contribution in [2.24, 2.45) is 0 Å². The van der Waals surface area contributed by atoms with Gasteiger partial charge in [-0.1, -0.05) is 36.8 Å². The van der Waals surface area contributed by atoms with Crippen LogP contribution in [0.25, 0.3) is 0 Å². The standard InChI is InChI=1S/C15H19N3S/c16-13-10-17-18(11-13)15(12-6-2-1-3-7-12)14-8-4-5-9-19-14/h1-3,6-7,10-11,14-15H,4-5,8-9,16H2. The van der Waals surface area contributed by atoms with Gasteiger partial charge in [0.05, 0.1) is 17.9 Å². The van der Waals surface area contributed by atoms with E-state index in [1.165, 1.54) is 30.6 Å². The summed E-state index contributed by atoms with van der Waals surface area (Å²) in [4.78, 5) is 0. The van der Waals surface area contributed by atoms with Gasteiger partial charge in [-0.05, 0) is 24.2 Å². The summed E-state index contributed by atoms with van der Waals surface area (Å²) in [5.74, 6) is 1.25. The van der Waals surface area contributed by atoms with Crippen LogP contribution in [0.4, 0.5) is 5.69 Å². The van der Waals surface area contributed by atoms with Gasteiger partial charge in [-0.3, -0.25) is 4.68 Å². The Kier molecular flexibility index (Phi) is 3.78. The number of anilines is 1. The average molecular weight is 273 g/mol. The molecule has 1 aromatic heterocycles. The van der Waals surface area contributed by atoms with E-state index in [0.29, 0.717) is 11.3 Å². The van der Waals surface area contributed by atoms with Gasteiger partial charge in [-0.2, -0.15) is 16.9 Å². The molecule has 0 spiro atoms. The van der Waals surface area contributed by atoms with Crippen molar-refractivity contribution < 1.29 is 0 Å². The fourth-order valence-electron chi connectivity index (χ4n) is 2.71. The molecule has 19 heavy (non-hydrogen) atoms. The molecule has 1 fully saturated rings. The van der Waals surface area contributed by atoms with Crippen LogP contribution in [0.2, 0.25) is 0 Å². The lowest BCUT2D eigenvalue weighted by molar-refractivity contribution is 0.470. The first-order chi connectivity index (χ1) is 9.34. The van der Waals surface area contributed by atoms with Crippen LogP contribution in [0.5, 0.6) is 0 Å². The molecule has 100 valence electrons. The van der Waals surface area contributed by atoms with Crippen LogP contribution in [-0.4, -0.2) is 20.8 Å². The van der Waals surface area contributed by atoms with E-state index in [2.05, 4.69) is 47.2 Å². The van der Waals surface area contributed by atoms with Crippen molar-refractivity contribution in [1.29, 1.82) is 0 Å². The summed E-state index contributed by atoms with van der Waals surface area (Å²) >= 11 is 2.07. The van der Waals surface area contributed by atoms with E-state index >= 15 is 0 Å². The molecule has 3 rings (SSSR count). The molecule has 1 aliphatic heterocycles. The number of nitrogens with two attached hydrogens (primary N) is 1. The lowest BCUT2D eigenvalue weighted by atomic mass is 9.99. The topological polar surface area (TPSA) is 43.8 Å². The van der Waals surface area contributed by atoms with Crippen LogP contribution in [-0.2, 0) is 0 Å². The summed E-state index contributed by atoms with van der Waals surface area (Å²) in [5, 5.41) is 5.04. The minimum absolute atomic E-state index is 0.295. The summed E-state index contributed by atoms with van der Waals surface area (Å²) in [6, 6.07) is 10.9. The van der Waals surface area contributed by atoms with Gasteiger partial charge in [0.1, 0.15) is 0 Å². The first-order valence-electron chi connectivity index (χ1n) is 6.81. The molecule has 1 saturated heterocycles. The molecule has 0 aliphatic carbocycles. The summed E-state index contributed by atoms with van der Waals surface area (Å²) in [7, 11) is 0. The maximum absolute atomic E-state index is 5.83. The third-order valence-corrected chi connectivity index (χ3v) is 5.06. The molecule has 2 atom stereocenters. The Morgan fingerprint density at radius 3 is 2.74 bits per heavy atom. The van der Waals surface area contributed by atoms with Gasteiger partial charge >= 0.3 is 0 Å². The minimum atomic E-state index is 0.295. The zero-order chi connectivity index (χ0) is 13.1. The molecule has 0 radical (unpaired) electrons. The lowest BCUT2D eigenvalue weighted by Crippen LogP contribution is -2.26. The second-order valence-corrected chi connectivity index (χ2v) is 6.36. The van der Waals surface area contributed by atoms with E-state index < -0.39 is 0 Å². The highest BCUT2D eigenvalue weighted by Crippen LogP contribution is 2.37. The van der Waals surface area contributed by atoms with Crippen LogP contribution in [0, 0.1) is 0 Å². The summed E-state index contributed by atoms with van der Waals surface area (Å²) < 4.78 is 2.04. The Balaban J connectivity index is 1.95. The van der Waals surface area contributed by atoms with E-state index in [4.69, 9.17) is 5.73 Å². The molecule has 0 saturated carbocycles. The van der Waals surface area contributed by atoms with Crippen LogP contribution in [0.3, 0.4) is 0 Å². The van der Waals surface area contributed by atoms with Crippen molar-refractivity contribution in [3.63, 3.8) is 0 Å². The third kappa shape index (κ3) is 2.78. The Hall–Kier alpha value is -1.42. The number of aromatic nitrogens is 2. The largest absolute Gasteiger partial charge is 0.396 e. The summed E-state index contributed by atoms with van der Waals surface area (Å²) in [6.45, 7) is 0. The predicted octanol–water partition coefficient (Wildman–Crippen LogP) is 3.34. The van der Waals surface area contributed by atoms with Crippen LogP contribution in [0.15, 0.2) is 42.7 Å². The number of thioether (sulfide) groups is 1. The minimum Gasteiger partial charge on any atom is -0.396 e. The monoisotopic (exact) mass is 273 g/mol. The van der Waals surface area contributed by atoms with Gasteiger partial charge < -0.3 is 5.73 Å². The summed E-state index contributed by atoms with van der Waals surface area (Å²) in [6.07, 6.45) is 7.60. The first-order valence-corrected chi connectivity index (χ1v) is 7.85. The Morgan fingerprint density at radius 2 is 2.11 bits per heavy atom. The van der Waals surface area contributed by atoms with Gasteiger partial charge in [0.15, 0.2) is 0 Å². The van der Waals surface area contributed by atoms with E-state index in [1.807, 2.05) is 10.9 Å². The van der Waals surface area contributed by atoms with Crippen molar-refractivity contribution >= 4 is 17.4 Å². The second-order valence-electron chi connectivity index (χ2n) is 5.01. The van der Waals surface area contributed by atoms with Gasteiger partial charge in [0.25, 0.3) is 0 Å². The van der Waals surface area contributed by atoms with E-state index in [9.17, 15) is 0 Å². The number of nitrogen functional groups attached to an aromatic ring is 1. The normalized spacial score (nSPS) is 21.2. The summed E-state index contributed by atoms with van der Waals surface area (Å²) in [5.41, 5.74) is 7.90. The zero-order valence-corrected chi connectivity index (χ0v) is 11.7. The fraction of sp³-hybridized carbons (Fsp3) is 0.400. The molecule has 0 bridgehead atoms. The van der Waals surface area contributed by atoms with E-state index in [-0.39, 0.29) is 0 Å². The van der Waals surface area contributed by atoms with Crippen LogP contribution >= 0.6 is 11.8 Å². The Labute approximate surface area is 118 Å². The maximum atomic E-state index is 5.83. The van der Waals surface area contributed by atoms with Crippen molar-refractivity contribution in [2.45, 2.75) is 30.6 Å². The SMILES string of the molecule is Nc1cnn(C(c2ccccc2)C2CCCCS2)c1. The van der Waals surface area contributed by atoms with E-state index in [1.54, 1.807) is 6.20 Å². The number of benzene rings is 1. The third-order valence-electron chi connectivity index (χ3n) is 3.61. The molecule has 2 N–H and O–H groups in total. The highest BCUT2D eigenvalue weighted by molar-refractivity contribution is 8.00. The molecular weight excluding hydrogens is 254 g/mol. The molecule has 1 aromatic carbocycles. The predicted molar refractivity (Wildman–Crippen MR) is 81.3 cm³/mol. The van der Waals surface area contributed by atoms with Crippen molar-refractivity contribution in [2.75, 3.05) is 11.5 Å². The number of nitrogens with zero attached hydrogens (tertiary/aromatic N) is 2. The lowest BCUT2D eigenvalue weighted by Gasteiger charge is -2.30. The average Bonchev–Trinajstić information content (AvgIpc) is 2.88. The van der Waals surface area contributed by atoms with Crippen LogP contribution < -0.4 is 5.73 Å². The molecule has 4 heteroatoms. The van der Waals surface area contributed by atoms with Crippen molar-refractivity contribution in [3.05, 3.63) is 48.3 Å². The van der Waals surface area contributed by atoms with Crippen LogP contribution in [0.1, 0.15) is 30.9 Å². The van der Waals surface area contributed by atoms with Gasteiger partial charge in [0.2, 0.25) is 0 Å². The van der Waals surface area contributed by atoms with Gasteiger partial charge in [0, 0.05) is 11.4 Å². The molecule has 2 aromatic rings. The Bertz CT molecular complexity index is 517. The quantitative estimate of drug-likeness (QED) is 0.932. The van der Waals surface area contributed by atoms with E-state index in [0.717, 1.165) is 5.69 Å².